The van der Waals surface area contributed by atoms with Crippen LogP contribution in [0.2, 0.25) is 6.32 Å². The summed E-state index contributed by atoms with van der Waals surface area (Å²) in [5.74, 6) is 1.58. The lowest BCUT2D eigenvalue weighted by Gasteiger charge is -2.36. The molecular weight excluding hydrogens is 1480 g/mol. The molecule has 3 atom stereocenters. The van der Waals surface area contributed by atoms with Crippen LogP contribution in [0.4, 0.5) is 52.7 Å². The lowest BCUT2D eigenvalue weighted by atomic mass is 9.75. The number of hydrogen-bond acceptors (Lipinski definition) is 8. The van der Waals surface area contributed by atoms with E-state index >= 15 is 0 Å². The number of quaternary nitrogens is 1. The van der Waals surface area contributed by atoms with Gasteiger partial charge in [0, 0.05) is 53.3 Å². The summed E-state index contributed by atoms with van der Waals surface area (Å²) in [6.07, 6.45) is -12.0. The average molecular weight is 1550 g/mol. The Morgan fingerprint density at radius 2 is 1.01 bits per heavy atom. The van der Waals surface area contributed by atoms with Crippen LogP contribution < -0.4 is 33.2 Å². The Bertz CT molecular complexity index is 3130. The maximum Gasteiger partial charge on any atom is 0.658 e. The standard InChI is InChI=1S/C21H26BNO.C9H9BrF3NO.C8H7BrF3N.2C8H5BrF3N.C6H4BO2.2CH4.ClH/c1-2-3-16-22-23-17-10-15-20(23)21(24-22,18-11-6-4-7-12-18)19-13-8-5-9-14-19;1-15-8(14,9(11,12)13)6-2-4-7(10)5-3-6;3*9-6-3-1-5(2-4-6)7(13)8(10,11)12;1-2-4-6-5(3-1)8-7-9-6;;;/h4-9,11-14,20H,2-3,10,15-17H2,1H3;2-5H,14H2,1H3;1-4,7H,13H2;2*1-4,13H;1-4H;2*1H4;1H/t20-;;7-;;;;;;/m1.1....../s1. The van der Waals surface area contributed by atoms with Gasteiger partial charge in [-0.25, -0.2) is 0 Å². The predicted octanol–water partition coefficient (Wildman–Crippen LogP) is 15.8. The summed E-state index contributed by atoms with van der Waals surface area (Å²) >= 11 is 12.5. The SMILES string of the molecule is C.C.CCCCB1OC(c2ccccc2)(c2ccccc2)[C@H]2CCCN12.COC(N)(c1ccc(Br)cc1)C(F)(F)F.N=C(c1ccc(Br)cc1)C(F)(F)F.N=C(c1ccc(Br)cc1)C(F)(F)F.[B]1Oc2ccccc2O1.[Cl-].[NH3+][C@H](c1ccc(Br)cc1)C(F)(F)F. The van der Waals surface area contributed by atoms with Crippen LogP contribution in [-0.4, -0.2) is 75.4 Å². The lowest BCUT2D eigenvalue weighted by molar-refractivity contribution is -0.488. The molecular formula is C62H65B2Br4ClF12N5O4. The summed E-state index contributed by atoms with van der Waals surface area (Å²) in [6.45, 7) is 3.43. The number of hydrogen-bond donors (Lipinski definition) is 4. The number of fused-ring (bicyclic) bond motifs is 2. The number of nitrogens with one attached hydrogen (secondary N) is 2. The van der Waals surface area contributed by atoms with Gasteiger partial charge in [-0.1, -0.05) is 220 Å². The van der Waals surface area contributed by atoms with E-state index in [4.69, 9.17) is 30.5 Å². The van der Waals surface area contributed by atoms with E-state index in [1.807, 2.05) is 24.3 Å². The maximum atomic E-state index is 12.6. The van der Waals surface area contributed by atoms with Crippen molar-refractivity contribution in [1.29, 1.82) is 10.8 Å². The molecule has 7 aromatic carbocycles. The molecule has 1 radical (unpaired) electrons. The molecule has 0 bridgehead atoms. The highest BCUT2D eigenvalue weighted by Crippen LogP contribution is 2.50. The van der Waals surface area contributed by atoms with E-state index in [9.17, 15) is 52.7 Å². The first kappa shape index (κ1) is 80.9. The predicted molar refractivity (Wildman–Crippen MR) is 340 cm³/mol. The van der Waals surface area contributed by atoms with Crippen molar-refractivity contribution in [3.63, 3.8) is 0 Å². The Morgan fingerprint density at radius 3 is 1.37 bits per heavy atom. The molecule has 3 aliphatic rings. The highest BCUT2D eigenvalue weighted by Gasteiger charge is 2.58. The normalized spacial score (nSPS) is 15.4. The molecule has 3 heterocycles. The van der Waals surface area contributed by atoms with E-state index in [0.717, 1.165) is 29.4 Å². The minimum absolute atomic E-state index is 0. The van der Waals surface area contributed by atoms with Gasteiger partial charge in [0.2, 0.25) is 11.8 Å². The molecule has 7 N–H and O–H groups in total. The number of unbranched alkanes of at least 4 members (excludes halogenated alkanes) is 1. The number of benzene rings is 7. The first-order chi connectivity index (χ1) is 40.9. The molecule has 90 heavy (non-hydrogen) atoms. The van der Waals surface area contributed by atoms with Crippen LogP contribution >= 0.6 is 63.7 Å². The van der Waals surface area contributed by atoms with Crippen molar-refractivity contribution in [1.82, 2.24) is 4.81 Å². The van der Waals surface area contributed by atoms with Crippen LogP contribution in [-0.2, 0) is 20.7 Å². The molecule has 10 rings (SSSR count). The van der Waals surface area contributed by atoms with E-state index in [1.165, 1.54) is 136 Å². The zero-order valence-electron chi connectivity index (χ0n) is 46.7. The van der Waals surface area contributed by atoms with Gasteiger partial charge in [0.25, 0.3) is 0 Å². The van der Waals surface area contributed by atoms with E-state index in [2.05, 4.69) is 147 Å². The monoisotopic (exact) mass is 1540 g/mol. The molecule has 2 saturated heterocycles. The number of halogens is 17. The van der Waals surface area contributed by atoms with E-state index in [1.54, 1.807) is 12.1 Å². The third-order valence-electron chi connectivity index (χ3n) is 13.4. The second-order valence-electron chi connectivity index (χ2n) is 19.2. The smallest absolute Gasteiger partial charge is 0.658 e. The van der Waals surface area contributed by atoms with E-state index in [0.29, 0.717) is 19.5 Å². The fourth-order valence-electron chi connectivity index (χ4n) is 8.91. The largest absolute Gasteiger partial charge is 1.00 e. The summed E-state index contributed by atoms with van der Waals surface area (Å²) in [7, 11) is 2.50. The number of alkyl halides is 12. The molecule has 0 saturated carbocycles. The van der Waals surface area contributed by atoms with Crippen molar-refractivity contribution in [2.45, 2.75) is 102 Å². The van der Waals surface area contributed by atoms with Gasteiger partial charge >= 0.3 is 39.4 Å². The van der Waals surface area contributed by atoms with Gasteiger partial charge < -0.3 is 41.7 Å². The first-order valence-electron chi connectivity index (χ1n) is 26.3. The van der Waals surface area contributed by atoms with Crippen molar-refractivity contribution in [2.75, 3.05) is 13.7 Å². The minimum Gasteiger partial charge on any atom is -1.00 e. The van der Waals surface area contributed by atoms with Gasteiger partial charge in [0.1, 0.15) is 28.5 Å². The highest BCUT2D eigenvalue weighted by molar-refractivity contribution is 9.11. The second kappa shape index (κ2) is 36.3. The minimum atomic E-state index is -4.66. The molecule has 0 aliphatic carbocycles. The molecule has 7 aromatic rings. The third kappa shape index (κ3) is 22.5. The summed E-state index contributed by atoms with van der Waals surface area (Å²) in [4.78, 5) is 2.63. The van der Waals surface area contributed by atoms with Crippen LogP contribution in [0.3, 0.4) is 0 Å². The Kier molecular flexibility index (Phi) is 32.6. The molecule has 0 spiro atoms. The highest BCUT2D eigenvalue weighted by atomic mass is 79.9. The summed E-state index contributed by atoms with van der Waals surface area (Å²) in [5, 5.41) is 13.6. The summed E-state index contributed by atoms with van der Waals surface area (Å²) < 4.78 is 170. The molecule has 487 valence electrons. The van der Waals surface area contributed by atoms with Crippen LogP contribution in [0.1, 0.15) is 86.9 Å². The topological polar surface area (TPSA) is 142 Å². The van der Waals surface area contributed by atoms with Gasteiger partial charge in [-0.05, 0) is 97.5 Å². The molecule has 2 fully saturated rings. The third-order valence-corrected chi connectivity index (χ3v) is 15.5. The molecule has 28 heteroatoms. The van der Waals surface area contributed by atoms with Crippen LogP contribution in [0, 0.1) is 10.8 Å². The second-order valence-corrected chi connectivity index (χ2v) is 22.9. The van der Waals surface area contributed by atoms with Crippen LogP contribution in [0.15, 0.2) is 200 Å². The summed E-state index contributed by atoms with van der Waals surface area (Å²) in [5.41, 5.74) is 4.91. The van der Waals surface area contributed by atoms with E-state index in [-0.39, 0.29) is 62.2 Å². The Morgan fingerprint density at radius 1 is 0.633 bits per heavy atom. The van der Waals surface area contributed by atoms with Crippen molar-refractivity contribution < 1.29 is 89.5 Å². The number of nitrogens with two attached hydrogens (primary N) is 1. The van der Waals surface area contributed by atoms with Crippen molar-refractivity contribution in [2.24, 2.45) is 5.73 Å². The molecule has 0 amide bonds. The van der Waals surface area contributed by atoms with Crippen LogP contribution in [0.5, 0.6) is 11.5 Å². The number of nitrogens with zero attached hydrogens (tertiary/aromatic N) is 1. The number of para-hydroxylation sites is 2. The average Bonchev–Trinajstić information content (AvgIpc) is 1.65. The van der Waals surface area contributed by atoms with Crippen molar-refractivity contribution >= 4 is 89.9 Å². The number of rotatable bonds is 10. The molecule has 3 aliphatic heterocycles. The van der Waals surface area contributed by atoms with Crippen LogP contribution in [0.25, 0.3) is 0 Å². The fraction of sp³-hybridized carbons (Fsp3) is 0.290. The van der Waals surface area contributed by atoms with Crippen molar-refractivity contribution in [3.8, 4) is 11.5 Å². The Balaban J connectivity index is 0.000000376. The first-order valence-corrected chi connectivity index (χ1v) is 29.5. The van der Waals surface area contributed by atoms with Gasteiger partial charge in [-0.3, -0.25) is 16.6 Å². The lowest BCUT2D eigenvalue weighted by Crippen LogP contribution is -3.00. The molecule has 0 aromatic heterocycles. The summed E-state index contributed by atoms with van der Waals surface area (Å²) in [6, 6.07) is 50.4. The number of methoxy groups -OCH3 is 1. The van der Waals surface area contributed by atoms with Gasteiger partial charge in [-0.2, -0.15) is 52.7 Å². The Labute approximate surface area is 557 Å². The Hall–Kier alpha value is -5.22. The molecule has 9 nitrogen and oxygen atoms in total. The fourth-order valence-corrected chi connectivity index (χ4v) is 9.96. The van der Waals surface area contributed by atoms with Crippen molar-refractivity contribution in [3.05, 3.63) is 233 Å². The van der Waals surface area contributed by atoms with Gasteiger partial charge in [-0.15, -0.1) is 0 Å². The zero-order chi connectivity index (χ0) is 64.4. The van der Waals surface area contributed by atoms with Gasteiger partial charge in [0.05, 0.1) is 0 Å². The quantitative estimate of drug-likeness (QED) is 0.0465. The molecule has 1 unspecified atom stereocenters. The zero-order valence-corrected chi connectivity index (χ0v) is 53.8. The number of ether oxygens (including phenoxy) is 1. The maximum absolute atomic E-state index is 12.6. The van der Waals surface area contributed by atoms with Gasteiger partial charge in [0.15, 0.2) is 0 Å². The van der Waals surface area contributed by atoms with E-state index < -0.39 is 47.9 Å².